The zero-order valence-corrected chi connectivity index (χ0v) is 11.0. The predicted molar refractivity (Wildman–Crippen MR) is 62.2 cm³/mol. The SMILES string of the molecule is CO[Si](C)(OC)OC(N)CCCCCN. The standard InChI is InChI=1S/C9H24N2O3Si/c1-12-15(3,13-2)14-9(11)7-5-4-6-8-10/h9H,4-8,10-11H2,1-3H3. The Morgan fingerprint density at radius 3 is 2.20 bits per heavy atom. The monoisotopic (exact) mass is 236 g/mol. The molecule has 4 N–H and O–H groups in total. The van der Waals surface area contributed by atoms with Gasteiger partial charge in [-0.3, -0.25) is 0 Å². The maximum atomic E-state index is 5.81. The van der Waals surface area contributed by atoms with Crippen molar-refractivity contribution in [2.45, 2.75) is 38.5 Å². The topological polar surface area (TPSA) is 79.7 Å². The van der Waals surface area contributed by atoms with Gasteiger partial charge in [0.15, 0.2) is 0 Å². The summed E-state index contributed by atoms with van der Waals surface area (Å²) in [5, 5.41) is 0. The predicted octanol–water partition coefficient (Wildman–Crippen LogP) is 0.668. The molecule has 0 spiro atoms. The van der Waals surface area contributed by atoms with Crippen LogP contribution in [0.3, 0.4) is 0 Å². The highest BCUT2D eigenvalue weighted by molar-refractivity contribution is 6.59. The van der Waals surface area contributed by atoms with Gasteiger partial charge in [-0.2, -0.15) is 0 Å². The van der Waals surface area contributed by atoms with Crippen molar-refractivity contribution >= 4 is 8.80 Å². The molecule has 0 aliphatic carbocycles. The fraction of sp³-hybridized carbons (Fsp3) is 1.00. The third-order valence-corrected chi connectivity index (χ3v) is 4.51. The maximum Gasteiger partial charge on any atom is 0.498 e. The molecule has 0 aliphatic rings. The third-order valence-electron chi connectivity index (χ3n) is 2.30. The number of hydrogen-bond donors (Lipinski definition) is 2. The molecule has 0 amide bonds. The van der Waals surface area contributed by atoms with E-state index in [0.717, 1.165) is 32.2 Å². The molecule has 0 rings (SSSR count). The first-order chi connectivity index (χ1) is 7.08. The summed E-state index contributed by atoms with van der Waals surface area (Å²) in [4.78, 5) is 0. The van der Waals surface area contributed by atoms with Gasteiger partial charge in [0, 0.05) is 20.8 Å². The minimum Gasteiger partial charge on any atom is -0.377 e. The van der Waals surface area contributed by atoms with Crippen molar-refractivity contribution < 1.29 is 13.3 Å². The quantitative estimate of drug-likeness (QED) is 0.349. The van der Waals surface area contributed by atoms with E-state index in [1.807, 2.05) is 6.55 Å². The molecule has 5 nitrogen and oxygen atoms in total. The normalized spacial score (nSPS) is 14.2. The van der Waals surface area contributed by atoms with Crippen LogP contribution in [0.15, 0.2) is 0 Å². The van der Waals surface area contributed by atoms with Gasteiger partial charge in [-0.1, -0.05) is 6.42 Å². The Kier molecular flexibility index (Phi) is 8.21. The minimum absolute atomic E-state index is 0.306. The van der Waals surface area contributed by atoms with E-state index in [9.17, 15) is 0 Å². The average Bonchev–Trinajstić information content (AvgIpc) is 2.24. The lowest BCUT2D eigenvalue weighted by atomic mass is 10.2. The zero-order valence-electron chi connectivity index (χ0n) is 9.99. The lowest BCUT2D eigenvalue weighted by Gasteiger charge is -2.26. The third kappa shape index (κ3) is 6.99. The van der Waals surface area contributed by atoms with Crippen molar-refractivity contribution in [1.29, 1.82) is 0 Å². The highest BCUT2D eigenvalue weighted by atomic mass is 28.4. The molecular weight excluding hydrogens is 212 g/mol. The van der Waals surface area contributed by atoms with Crippen molar-refractivity contribution in [2.24, 2.45) is 11.5 Å². The van der Waals surface area contributed by atoms with Crippen LogP contribution >= 0.6 is 0 Å². The first kappa shape index (κ1) is 15.0. The molecule has 0 aromatic rings. The fourth-order valence-corrected chi connectivity index (χ4v) is 2.21. The van der Waals surface area contributed by atoms with Gasteiger partial charge in [-0.25, -0.2) is 0 Å². The molecule has 6 heteroatoms. The largest absolute Gasteiger partial charge is 0.498 e. The van der Waals surface area contributed by atoms with Crippen LogP contribution in [0.2, 0.25) is 6.55 Å². The van der Waals surface area contributed by atoms with Crippen LogP contribution in [0.4, 0.5) is 0 Å². The molecule has 0 heterocycles. The van der Waals surface area contributed by atoms with E-state index >= 15 is 0 Å². The Morgan fingerprint density at radius 1 is 1.13 bits per heavy atom. The second kappa shape index (κ2) is 8.20. The molecule has 0 saturated heterocycles. The van der Waals surface area contributed by atoms with E-state index in [4.69, 9.17) is 24.7 Å². The molecule has 92 valence electrons. The first-order valence-electron chi connectivity index (χ1n) is 5.31. The number of unbranched alkanes of at least 4 members (excludes halogenated alkanes) is 2. The summed E-state index contributed by atoms with van der Waals surface area (Å²) in [7, 11) is 0.682. The van der Waals surface area contributed by atoms with Crippen molar-refractivity contribution in [3.8, 4) is 0 Å². The van der Waals surface area contributed by atoms with Crippen LogP contribution in [0.5, 0.6) is 0 Å². The van der Waals surface area contributed by atoms with Crippen molar-refractivity contribution in [1.82, 2.24) is 0 Å². The minimum atomic E-state index is -2.48. The number of nitrogens with two attached hydrogens (primary N) is 2. The Morgan fingerprint density at radius 2 is 1.73 bits per heavy atom. The average molecular weight is 236 g/mol. The van der Waals surface area contributed by atoms with Gasteiger partial charge in [0.1, 0.15) is 0 Å². The number of hydrogen-bond acceptors (Lipinski definition) is 5. The lowest BCUT2D eigenvalue weighted by molar-refractivity contribution is 0.0587. The summed E-state index contributed by atoms with van der Waals surface area (Å²) in [6, 6.07) is 0. The van der Waals surface area contributed by atoms with Crippen LogP contribution in [-0.2, 0) is 13.3 Å². The molecule has 1 unspecified atom stereocenters. The van der Waals surface area contributed by atoms with Crippen molar-refractivity contribution in [2.75, 3.05) is 20.8 Å². The Bertz CT molecular complexity index is 156. The molecule has 0 radical (unpaired) electrons. The molecule has 0 fully saturated rings. The molecule has 0 aliphatic heterocycles. The smallest absolute Gasteiger partial charge is 0.377 e. The molecule has 1 atom stereocenters. The van der Waals surface area contributed by atoms with Crippen LogP contribution < -0.4 is 11.5 Å². The molecule has 15 heavy (non-hydrogen) atoms. The van der Waals surface area contributed by atoms with E-state index in [1.165, 1.54) is 0 Å². The number of rotatable bonds is 9. The summed E-state index contributed by atoms with van der Waals surface area (Å²) in [6.07, 6.45) is 3.66. The molecule has 0 aromatic carbocycles. The van der Waals surface area contributed by atoms with Gasteiger partial charge in [0.05, 0.1) is 6.23 Å². The van der Waals surface area contributed by atoms with Crippen LogP contribution in [0.25, 0.3) is 0 Å². The fourth-order valence-electron chi connectivity index (χ4n) is 1.18. The second-order valence-corrected chi connectivity index (χ2v) is 6.34. The van der Waals surface area contributed by atoms with Gasteiger partial charge in [0.2, 0.25) is 0 Å². The van der Waals surface area contributed by atoms with E-state index in [-0.39, 0.29) is 6.23 Å². The van der Waals surface area contributed by atoms with Gasteiger partial charge in [-0.05, 0) is 25.8 Å². The van der Waals surface area contributed by atoms with E-state index < -0.39 is 8.80 Å². The zero-order chi connectivity index (χ0) is 11.7. The summed E-state index contributed by atoms with van der Waals surface area (Å²) >= 11 is 0. The Labute approximate surface area is 93.4 Å². The molecule has 0 saturated carbocycles. The molecule has 0 aromatic heterocycles. The van der Waals surface area contributed by atoms with Crippen LogP contribution in [-0.4, -0.2) is 35.8 Å². The van der Waals surface area contributed by atoms with Crippen LogP contribution in [0, 0.1) is 0 Å². The maximum absolute atomic E-state index is 5.81. The van der Waals surface area contributed by atoms with Gasteiger partial charge in [-0.15, -0.1) is 0 Å². The van der Waals surface area contributed by atoms with E-state index in [2.05, 4.69) is 0 Å². The van der Waals surface area contributed by atoms with Crippen LogP contribution in [0.1, 0.15) is 25.7 Å². The summed E-state index contributed by atoms with van der Waals surface area (Å²) in [5.41, 5.74) is 11.2. The van der Waals surface area contributed by atoms with Gasteiger partial charge < -0.3 is 24.7 Å². The molecule has 0 bridgehead atoms. The van der Waals surface area contributed by atoms with E-state index in [0.29, 0.717) is 0 Å². The van der Waals surface area contributed by atoms with Gasteiger partial charge >= 0.3 is 8.80 Å². The summed E-state index contributed by atoms with van der Waals surface area (Å²) < 4.78 is 15.9. The Hall–Kier alpha value is 0.0169. The second-order valence-electron chi connectivity index (χ2n) is 3.56. The lowest BCUT2D eigenvalue weighted by Crippen LogP contribution is -2.46. The summed E-state index contributed by atoms with van der Waals surface area (Å²) in [6.45, 7) is 2.56. The van der Waals surface area contributed by atoms with Gasteiger partial charge in [0.25, 0.3) is 0 Å². The first-order valence-corrected chi connectivity index (χ1v) is 7.54. The van der Waals surface area contributed by atoms with E-state index in [1.54, 1.807) is 14.2 Å². The Balaban J connectivity index is 3.67. The van der Waals surface area contributed by atoms with Crippen molar-refractivity contribution in [3.63, 3.8) is 0 Å². The highest BCUT2D eigenvalue weighted by Gasteiger charge is 2.34. The molecular formula is C9H24N2O3Si. The summed E-state index contributed by atoms with van der Waals surface area (Å²) in [5.74, 6) is 0. The van der Waals surface area contributed by atoms with Crippen molar-refractivity contribution in [3.05, 3.63) is 0 Å². The highest BCUT2D eigenvalue weighted by Crippen LogP contribution is 2.11.